The molecule has 0 aromatic heterocycles. The molecule has 0 atom stereocenters. The number of anilines is 3. The molecule has 170 valence electrons. The first-order valence-electron chi connectivity index (χ1n) is 10.8. The van der Waals surface area contributed by atoms with Crippen molar-refractivity contribution in [3.8, 4) is 5.75 Å². The van der Waals surface area contributed by atoms with Crippen molar-refractivity contribution in [2.24, 2.45) is 0 Å². The summed E-state index contributed by atoms with van der Waals surface area (Å²) in [4.78, 5) is 14.5. The second kappa shape index (κ2) is 9.71. The summed E-state index contributed by atoms with van der Waals surface area (Å²) in [6, 6.07) is 26.0. The van der Waals surface area contributed by atoms with E-state index >= 15 is 0 Å². The molecule has 0 aliphatic heterocycles. The highest BCUT2D eigenvalue weighted by Gasteiger charge is 2.16. The Bertz CT molecular complexity index is 1300. The van der Waals surface area contributed by atoms with Crippen molar-refractivity contribution in [1.29, 1.82) is 0 Å². The molecule has 0 spiro atoms. The van der Waals surface area contributed by atoms with Crippen LogP contribution in [0.5, 0.6) is 5.75 Å². The smallest absolute Gasteiger partial charge is 0.201 e. The van der Waals surface area contributed by atoms with Gasteiger partial charge in [-0.3, -0.25) is 4.79 Å². The van der Waals surface area contributed by atoms with E-state index in [1.807, 2.05) is 38.1 Å². The van der Waals surface area contributed by atoms with Crippen molar-refractivity contribution in [2.45, 2.75) is 13.8 Å². The molecule has 0 heterocycles. The first kappa shape index (κ1) is 22.9. The predicted octanol–water partition coefficient (Wildman–Crippen LogP) is 7.65. The fourth-order valence-corrected chi connectivity index (χ4v) is 3.57. The Balaban J connectivity index is 1.61. The number of phenols is 1. The maximum Gasteiger partial charge on any atom is 0.201 e. The number of aromatic hydroxyl groups is 1. The molecule has 0 saturated carbocycles. The van der Waals surface area contributed by atoms with Gasteiger partial charge in [0.1, 0.15) is 0 Å². The van der Waals surface area contributed by atoms with Gasteiger partial charge in [0.05, 0.1) is 5.56 Å². The number of hydrogen-bond donors (Lipinski definition) is 1. The number of rotatable bonds is 6. The molecule has 0 aliphatic carbocycles. The van der Waals surface area contributed by atoms with E-state index in [-0.39, 0.29) is 5.56 Å². The van der Waals surface area contributed by atoms with Gasteiger partial charge in [-0.2, -0.15) is 4.39 Å². The Kier molecular flexibility index (Phi) is 6.55. The van der Waals surface area contributed by atoms with Gasteiger partial charge in [0.15, 0.2) is 17.3 Å². The molecule has 4 aromatic rings. The van der Waals surface area contributed by atoms with Crippen LogP contribution in [0.25, 0.3) is 6.08 Å². The molecule has 0 saturated heterocycles. The molecule has 0 radical (unpaired) electrons. The molecule has 0 fully saturated rings. The average Bonchev–Trinajstić information content (AvgIpc) is 2.84. The second-order valence-corrected chi connectivity index (χ2v) is 8.05. The van der Waals surface area contributed by atoms with E-state index in [1.54, 1.807) is 6.08 Å². The number of halogens is 2. The third-order valence-corrected chi connectivity index (χ3v) is 5.50. The van der Waals surface area contributed by atoms with E-state index in [9.17, 15) is 18.7 Å². The summed E-state index contributed by atoms with van der Waals surface area (Å²) in [6.45, 7) is 4.09. The van der Waals surface area contributed by atoms with E-state index in [2.05, 4.69) is 53.4 Å². The molecule has 0 unspecified atom stereocenters. The van der Waals surface area contributed by atoms with E-state index in [0.717, 1.165) is 34.8 Å². The number of ketones is 1. The first-order chi connectivity index (χ1) is 16.3. The van der Waals surface area contributed by atoms with Crippen molar-refractivity contribution in [3.63, 3.8) is 0 Å². The number of carbonyl (C=O) groups is 1. The number of hydrogen-bond acceptors (Lipinski definition) is 3. The highest BCUT2D eigenvalue weighted by Crippen LogP contribution is 2.35. The van der Waals surface area contributed by atoms with Gasteiger partial charge in [-0.15, -0.1) is 0 Å². The summed E-state index contributed by atoms with van der Waals surface area (Å²) >= 11 is 0. The summed E-state index contributed by atoms with van der Waals surface area (Å²) in [6.07, 6.45) is 2.79. The lowest BCUT2D eigenvalue weighted by Crippen LogP contribution is -2.09. The molecule has 4 rings (SSSR count). The minimum Gasteiger partial charge on any atom is -0.504 e. The van der Waals surface area contributed by atoms with E-state index in [1.165, 1.54) is 17.2 Å². The third-order valence-electron chi connectivity index (χ3n) is 5.50. The lowest BCUT2D eigenvalue weighted by molar-refractivity contribution is 0.104. The normalized spacial score (nSPS) is 11.1. The largest absolute Gasteiger partial charge is 0.504 e. The zero-order valence-electron chi connectivity index (χ0n) is 18.8. The summed E-state index contributed by atoms with van der Waals surface area (Å²) in [7, 11) is 0. The number of nitrogens with zero attached hydrogens (tertiary/aromatic N) is 1. The summed E-state index contributed by atoms with van der Waals surface area (Å²) in [5.41, 5.74) is 5.76. The van der Waals surface area contributed by atoms with Crippen LogP contribution < -0.4 is 4.90 Å². The van der Waals surface area contributed by atoms with Gasteiger partial charge < -0.3 is 10.0 Å². The minimum atomic E-state index is -1.43. The summed E-state index contributed by atoms with van der Waals surface area (Å²) in [5, 5.41) is 9.72. The number of carbonyl (C=O) groups excluding carboxylic acids is 1. The quantitative estimate of drug-likeness (QED) is 0.240. The van der Waals surface area contributed by atoms with Crippen molar-refractivity contribution in [2.75, 3.05) is 4.90 Å². The Morgan fingerprint density at radius 2 is 1.21 bits per heavy atom. The molecule has 0 bridgehead atoms. The Morgan fingerprint density at radius 3 is 1.71 bits per heavy atom. The predicted molar refractivity (Wildman–Crippen MR) is 132 cm³/mol. The standard InChI is InChI=1S/C29H23F2NO2/c1-19-3-10-22(11-4-19)32(23-12-5-20(2)6-13-23)24-14-7-21(8-15-24)9-18-27(33)25-16-17-26(30)28(31)29(25)34/h3-18,34H,1-2H3/b18-9+. The van der Waals surface area contributed by atoms with Gasteiger partial charge >= 0.3 is 0 Å². The van der Waals surface area contributed by atoms with Gasteiger partial charge in [0, 0.05) is 17.1 Å². The molecular formula is C29H23F2NO2. The molecule has 5 heteroatoms. The summed E-state index contributed by atoms with van der Waals surface area (Å²) < 4.78 is 26.7. The van der Waals surface area contributed by atoms with Crippen LogP contribution in [0.2, 0.25) is 0 Å². The van der Waals surface area contributed by atoms with Crippen LogP contribution in [-0.2, 0) is 0 Å². The van der Waals surface area contributed by atoms with E-state index < -0.39 is 23.2 Å². The third kappa shape index (κ3) is 4.89. The lowest BCUT2D eigenvalue weighted by Gasteiger charge is -2.25. The molecule has 3 nitrogen and oxygen atoms in total. The van der Waals surface area contributed by atoms with Crippen LogP contribution in [0.15, 0.2) is 91.0 Å². The van der Waals surface area contributed by atoms with Crippen molar-refractivity contribution >= 4 is 28.9 Å². The number of phenolic OH excluding ortho intramolecular Hbond substituents is 1. The monoisotopic (exact) mass is 455 g/mol. The van der Waals surface area contributed by atoms with E-state index in [0.29, 0.717) is 0 Å². The van der Waals surface area contributed by atoms with Crippen LogP contribution in [0, 0.1) is 25.5 Å². The lowest BCUT2D eigenvalue weighted by atomic mass is 10.1. The number of allylic oxidation sites excluding steroid dienone is 1. The topological polar surface area (TPSA) is 40.5 Å². The maximum atomic E-state index is 13.6. The average molecular weight is 456 g/mol. The SMILES string of the molecule is Cc1ccc(N(c2ccc(C)cc2)c2ccc(/C=C/C(=O)c3ccc(F)c(F)c3O)cc2)cc1. The Morgan fingerprint density at radius 1 is 0.735 bits per heavy atom. The van der Waals surface area contributed by atoms with Gasteiger partial charge in [0.25, 0.3) is 0 Å². The van der Waals surface area contributed by atoms with Gasteiger partial charge in [-0.25, -0.2) is 4.39 Å². The van der Waals surface area contributed by atoms with Gasteiger partial charge in [0.2, 0.25) is 5.82 Å². The van der Waals surface area contributed by atoms with Gasteiger partial charge in [-0.05, 0) is 74.0 Å². The highest BCUT2D eigenvalue weighted by molar-refractivity contribution is 6.08. The summed E-state index contributed by atoms with van der Waals surface area (Å²) in [5.74, 6) is -4.26. The molecule has 4 aromatic carbocycles. The molecule has 0 amide bonds. The van der Waals surface area contributed by atoms with Crippen molar-refractivity contribution in [3.05, 3.63) is 125 Å². The van der Waals surface area contributed by atoms with Crippen LogP contribution in [0.4, 0.5) is 25.8 Å². The van der Waals surface area contributed by atoms with Crippen LogP contribution in [0.1, 0.15) is 27.0 Å². The van der Waals surface area contributed by atoms with Crippen LogP contribution in [-0.4, -0.2) is 10.9 Å². The second-order valence-electron chi connectivity index (χ2n) is 8.05. The van der Waals surface area contributed by atoms with Crippen LogP contribution in [0.3, 0.4) is 0 Å². The number of benzene rings is 4. The van der Waals surface area contributed by atoms with Gasteiger partial charge in [-0.1, -0.05) is 53.6 Å². The molecular weight excluding hydrogens is 432 g/mol. The zero-order chi connectivity index (χ0) is 24.2. The Hall–Kier alpha value is -4.25. The zero-order valence-corrected chi connectivity index (χ0v) is 18.8. The molecule has 34 heavy (non-hydrogen) atoms. The van der Waals surface area contributed by atoms with Crippen LogP contribution >= 0.6 is 0 Å². The first-order valence-corrected chi connectivity index (χ1v) is 10.8. The fourth-order valence-electron chi connectivity index (χ4n) is 3.57. The fraction of sp³-hybridized carbons (Fsp3) is 0.0690. The number of aryl methyl sites for hydroxylation is 2. The highest BCUT2D eigenvalue weighted by atomic mass is 19.2. The van der Waals surface area contributed by atoms with Crippen molar-refractivity contribution < 1.29 is 18.7 Å². The molecule has 0 aliphatic rings. The van der Waals surface area contributed by atoms with Crippen molar-refractivity contribution in [1.82, 2.24) is 0 Å². The Labute approximate surface area is 197 Å². The minimum absolute atomic E-state index is 0.295. The van der Waals surface area contributed by atoms with E-state index in [4.69, 9.17) is 0 Å². The maximum absolute atomic E-state index is 13.6. The molecule has 1 N–H and O–H groups in total.